The molecule has 0 spiro atoms. The van der Waals surface area contributed by atoms with Gasteiger partial charge in [0.05, 0.1) is 17.7 Å². The number of nitrogens with one attached hydrogen (secondary N) is 1. The summed E-state index contributed by atoms with van der Waals surface area (Å²) in [4.78, 5) is -0.390. The summed E-state index contributed by atoms with van der Waals surface area (Å²) in [6, 6.07) is 8.44. The summed E-state index contributed by atoms with van der Waals surface area (Å²) in [6.45, 7) is 1.72. The van der Waals surface area contributed by atoms with Crippen LogP contribution in [0.5, 0.6) is 5.75 Å². The molecule has 0 heterocycles. The van der Waals surface area contributed by atoms with Crippen molar-refractivity contribution in [1.82, 2.24) is 0 Å². The molecular weight excluding hydrogens is 374 g/mol. The quantitative estimate of drug-likeness (QED) is 0.849. The molecule has 0 aliphatic heterocycles. The highest BCUT2D eigenvalue weighted by Gasteiger charge is 2.23. The van der Waals surface area contributed by atoms with Crippen LogP contribution in [0.3, 0.4) is 0 Å². The van der Waals surface area contributed by atoms with Crippen LogP contribution >= 0.6 is 11.6 Å². The molecule has 0 saturated heterocycles. The van der Waals surface area contributed by atoms with Gasteiger partial charge in [-0.2, -0.15) is 0 Å². The van der Waals surface area contributed by atoms with E-state index in [9.17, 15) is 16.8 Å². The van der Waals surface area contributed by atoms with Gasteiger partial charge in [-0.3, -0.25) is 4.72 Å². The Bertz CT molecular complexity index is 985. The van der Waals surface area contributed by atoms with E-state index < -0.39 is 19.9 Å². The van der Waals surface area contributed by atoms with Crippen molar-refractivity contribution in [2.24, 2.45) is 0 Å². The molecule has 0 amide bonds. The first-order valence-corrected chi connectivity index (χ1v) is 10.5. The number of rotatable bonds is 5. The number of aryl methyl sites for hydroxylation is 1. The summed E-state index contributed by atoms with van der Waals surface area (Å²) in [6.07, 6.45) is 1.000. The second kappa shape index (κ2) is 6.62. The van der Waals surface area contributed by atoms with Gasteiger partial charge in [0, 0.05) is 11.3 Å². The second-order valence-electron chi connectivity index (χ2n) is 5.15. The predicted octanol–water partition coefficient (Wildman–Crippen LogP) is 2.86. The van der Waals surface area contributed by atoms with Crippen molar-refractivity contribution in [3.63, 3.8) is 0 Å². The zero-order chi connectivity index (χ0) is 18.1. The van der Waals surface area contributed by atoms with Crippen LogP contribution in [-0.2, 0) is 19.9 Å². The van der Waals surface area contributed by atoms with Crippen LogP contribution in [0.1, 0.15) is 5.56 Å². The van der Waals surface area contributed by atoms with Gasteiger partial charge in [-0.05, 0) is 42.8 Å². The molecule has 9 heteroatoms. The zero-order valence-corrected chi connectivity index (χ0v) is 15.6. The fourth-order valence-corrected chi connectivity index (χ4v) is 4.21. The maximum Gasteiger partial charge on any atom is 0.265 e. The Hall–Kier alpha value is -1.77. The van der Waals surface area contributed by atoms with Crippen molar-refractivity contribution in [2.45, 2.75) is 16.7 Å². The van der Waals surface area contributed by atoms with Crippen LogP contribution in [0.25, 0.3) is 0 Å². The number of hydrogen-bond acceptors (Lipinski definition) is 5. The van der Waals surface area contributed by atoms with E-state index in [2.05, 4.69) is 4.72 Å². The number of benzene rings is 2. The highest BCUT2D eigenvalue weighted by Crippen LogP contribution is 2.30. The average molecular weight is 390 g/mol. The molecule has 130 valence electrons. The van der Waals surface area contributed by atoms with Gasteiger partial charge in [-0.25, -0.2) is 16.8 Å². The number of methoxy groups -OCH3 is 1. The fraction of sp³-hybridized carbons (Fsp3) is 0.200. The van der Waals surface area contributed by atoms with Crippen molar-refractivity contribution >= 4 is 37.1 Å². The predicted molar refractivity (Wildman–Crippen MR) is 93.1 cm³/mol. The van der Waals surface area contributed by atoms with Crippen LogP contribution in [0.2, 0.25) is 5.02 Å². The van der Waals surface area contributed by atoms with Gasteiger partial charge in [-0.1, -0.05) is 17.7 Å². The van der Waals surface area contributed by atoms with Gasteiger partial charge in [0.2, 0.25) is 0 Å². The molecule has 0 aliphatic carbocycles. The number of hydrogen-bond donors (Lipinski definition) is 1. The maximum absolute atomic E-state index is 12.7. The fourth-order valence-electron chi connectivity index (χ4n) is 2.00. The molecule has 0 saturated carbocycles. The summed E-state index contributed by atoms with van der Waals surface area (Å²) >= 11 is 5.90. The standard InChI is InChI=1S/C15H16ClNO5S2/c1-10-4-5-11(16)8-13(10)17-24(20,21)15-9-12(23(3,18)19)6-7-14(15)22-2/h4-9,17H,1-3H3. The molecule has 0 fully saturated rings. The molecule has 2 aromatic rings. The van der Waals surface area contributed by atoms with Crippen molar-refractivity contribution < 1.29 is 21.6 Å². The summed E-state index contributed by atoms with van der Waals surface area (Å²) in [7, 11) is -6.34. The minimum absolute atomic E-state index is 0.0366. The molecule has 0 radical (unpaired) electrons. The van der Waals surface area contributed by atoms with Gasteiger partial charge >= 0.3 is 0 Å². The molecule has 1 N–H and O–H groups in total. The molecule has 0 unspecified atom stereocenters. The molecule has 0 bridgehead atoms. The van der Waals surface area contributed by atoms with Crippen LogP contribution in [-0.4, -0.2) is 30.2 Å². The molecule has 24 heavy (non-hydrogen) atoms. The van der Waals surface area contributed by atoms with Gasteiger partial charge < -0.3 is 4.74 Å². The Balaban J connectivity index is 2.58. The second-order valence-corrected chi connectivity index (χ2v) is 9.25. The molecular formula is C15H16ClNO5S2. The van der Waals surface area contributed by atoms with E-state index in [0.717, 1.165) is 12.3 Å². The molecule has 6 nitrogen and oxygen atoms in total. The summed E-state index contributed by atoms with van der Waals surface area (Å²) < 4.78 is 56.2. The molecule has 0 aliphatic rings. The molecule has 2 aromatic carbocycles. The largest absolute Gasteiger partial charge is 0.495 e. The molecule has 0 aromatic heterocycles. The molecule has 2 rings (SSSR count). The summed E-state index contributed by atoms with van der Waals surface area (Å²) in [5, 5.41) is 0.371. The van der Waals surface area contributed by atoms with Crippen LogP contribution in [0, 0.1) is 6.92 Å². The van der Waals surface area contributed by atoms with E-state index >= 15 is 0 Å². The third-order valence-corrected chi connectivity index (χ3v) is 6.03. The monoisotopic (exact) mass is 389 g/mol. The van der Waals surface area contributed by atoms with E-state index in [0.29, 0.717) is 16.3 Å². The highest BCUT2D eigenvalue weighted by molar-refractivity contribution is 7.93. The van der Waals surface area contributed by atoms with Crippen LogP contribution < -0.4 is 9.46 Å². The SMILES string of the molecule is COc1ccc(S(C)(=O)=O)cc1S(=O)(=O)Nc1cc(Cl)ccc1C. The lowest BCUT2D eigenvalue weighted by Gasteiger charge is -2.14. The van der Waals surface area contributed by atoms with Crippen molar-refractivity contribution in [3.8, 4) is 5.75 Å². The number of halogens is 1. The van der Waals surface area contributed by atoms with Crippen molar-refractivity contribution in [1.29, 1.82) is 0 Å². The third-order valence-electron chi connectivity index (χ3n) is 3.30. The van der Waals surface area contributed by atoms with E-state index in [1.165, 1.54) is 25.3 Å². The van der Waals surface area contributed by atoms with E-state index in [-0.39, 0.29) is 15.5 Å². The van der Waals surface area contributed by atoms with Gasteiger partial charge in [-0.15, -0.1) is 0 Å². The Morgan fingerprint density at radius 1 is 1.04 bits per heavy atom. The molecule has 0 atom stereocenters. The first-order chi connectivity index (χ1) is 11.0. The third kappa shape index (κ3) is 4.00. The van der Waals surface area contributed by atoms with E-state index in [4.69, 9.17) is 16.3 Å². The van der Waals surface area contributed by atoms with Crippen LogP contribution in [0.15, 0.2) is 46.2 Å². The lowest BCUT2D eigenvalue weighted by Crippen LogP contribution is -2.15. The van der Waals surface area contributed by atoms with Gasteiger partial charge in [0.25, 0.3) is 10.0 Å². The Morgan fingerprint density at radius 3 is 2.29 bits per heavy atom. The normalized spacial score (nSPS) is 12.0. The lowest BCUT2D eigenvalue weighted by molar-refractivity contribution is 0.402. The Morgan fingerprint density at radius 2 is 1.71 bits per heavy atom. The maximum atomic E-state index is 12.7. The number of sulfonamides is 1. The minimum atomic E-state index is -4.08. The Kier molecular flexibility index (Phi) is 5.12. The van der Waals surface area contributed by atoms with Gasteiger partial charge in [0.15, 0.2) is 9.84 Å². The van der Waals surface area contributed by atoms with Crippen LogP contribution in [0.4, 0.5) is 5.69 Å². The summed E-state index contributed by atoms with van der Waals surface area (Å²) in [5.74, 6) is 0.0366. The Labute approximate surface area is 146 Å². The first kappa shape index (κ1) is 18.6. The lowest BCUT2D eigenvalue weighted by atomic mass is 10.2. The average Bonchev–Trinajstić information content (AvgIpc) is 2.49. The zero-order valence-electron chi connectivity index (χ0n) is 13.2. The topological polar surface area (TPSA) is 89.5 Å². The first-order valence-electron chi connectivity index (χ1n) is 6.71. The minimum Gasteiger partial charge on any atom is -0.495 e. The number of anilines is 1. The number of sulfone groups is 1. The number of ether oxygens (including phenoxy) is 1. The summed E-state index contributed by atoms with van der Waals surface area (Å²) in [5.41, 5.74) is 0.968. The van der Waals surface area contributed by atoms with E-state index in [1.807, 2.05) is 0 Å². The van der Waals surface area contributed by atoms with E-state index in [1.54, 1.807) is 19.1 Å². The highest BCUT2D eigenvalue weighted by atomic mass is 35.5. The smallest absolute Gasteiger partial charge is 0.265 e. The van der Waals surface area contributed by atoms with Crippen molar-refractivity contribution in [2.75, 3.05) is 18.1 Å². The van der Waals surface area contributed by atoms with Gasteiger partial charge in [0.1, 0.15) is 10.6 Å². The van der Waals surface area contributed by atoms with Crippen molar-refractivity contribution in [3.05, 3.63) is 47.0 Å².